The number of esters is 1. The molecule has 1 amide bonds. The van der Waals surface area contributed by atoms with Crippen LogP contribution in [0.5, 0.6) is 0 Å². The van der Waals surface area contributed by atoms with Gasteiger partial charge in [0.2, 0.25) is 0 Å². The second-order valence-corrected chi connectivity index (χ2v) is 5.11. The van der Waals surface area contributed by atoms with Crippen molar-refractivity contribution in [2.45, 2.75) is 39.2 Å². The van der Waals surface area contributed by atoms with Crippen molar-refractivity contribution >= 4 is 11.9 Å². The molecular formula is C15H19F2NO3. The summed E-state index contributed by atoms with van der Waals surface area (Å²) >= 11 is 0. The Hall–Kier alpha value is -1.98. The maximum atomic E-state index is 13.7. The summed E-state index contributed by atoms with van der Waals surface area (Å²) in [6.07, 6.45) is 0.962. The van der Waals surface area contributed by atoms with Crippen LogP contribution in [-0.4, -0.2) is 24.5 Å². The molecular weight excluding hydrogens is 280 g/mol. The maximum Gasteiger partial charge on any atom is 0.331 e. The molecule has 0 heterocycles. The van der Waals surface area contributed by atoms with Gasteiger partial charge in [0.1, 0.15) is 17.2 Å². The summed E-state index contributed by atoms with van der Waals surface area (Å²) in [7, 11) is 1.21. The number of hydrogen-bond donors (Lipinski definition) is 1. The molecule has 1 rings (SSSR count). The van der Waals surface area contributed by atoms with Crippen molar-refractivity contribution in [1.82, 2.24) is 5.32 Å². The van der Waals surface area contributed by atoms with E-state index in [1.165, 1.54) is 21.0 Å². The molecule has 1 aromatic rings. The molecule has 4 nitrogen and oxygen atoms in total. The summed E-state index contributed by atoms with van der Waals surface area (Å²) in [5.74, 6) is -3.10. The van der Waals surface area contributed by atoms with Gasteiger partial charge in [-0.25, -0.2) is 13.6 Å². The minimum atomic E-state index is -1.25. The van der Waals surface area contributed by atoms with Crippen molar-refractivity contribution in [1.29, 1.82) is 0 Å². The number of hydrogen-bond acceptors (Lipinski definition) is 3. The Kier molecular flexibility index (Phi) is 5.41. The quantitative estimate of drug-likeness (QED) is 0.851. The van der Waals surface area contributed by atoms with E-state index in [-0.39, 0.29) is 11.1 Å². The molecule has 6 heteroatoms. The highest BCUT2D eigenvalue weighted by atomic mass is 19.1. The van der Waals surface area contributed by atoms with Gasteiger partial charge in [0.15, 0.2) is 0 Å². The zero-order valence-electron chi connectivity index (χ0n) is 12.5. The molecule has 0 radical (unpaired) electrons. The number of carbonyl (C=O) groups is 2. The van der Waals surface area contributed by atoms with Gasteiger partial charge in [-0.05, 0) is 31.9 Å². The molecule has 0 aliphatic heterocycles. The lowest BCUT2D eigenvalue weighted by molar-refractivity contribution is -0.147. The van der Waals surface area contributed by atoms with Gasteiger partial charge in [0, 0.05) is 6.07 Å². The maximum absolute atomic E-state index is 13.7. The molecule has 0 aliphatic carbocycles. The predicted molar refractivity (Wildman–Crippen MR) is 73.9 cm³/mol. The molecule has 0 fully saturated rings. The van der Waals surface area contributed by atoms with Crippen molar-refractivity contribution in [3.63, 3.8) is 0 Å². The van der Waals surface area contributed by atoms with Gasteiger partial charge in [-0.1, -0.05) is 13.3 Å². The number of aryl methyl sites for hydroxylation is 1. The average molecular weight is 299 g/mol. The van der Waals surface area contributed by atoms with Crippen LogP contribution in [0.2, 0.25) is 0 Å². The van der Waals surface area contributed by atoms with Crippen LogP contribution in [0.4, 0.5) is 8.78 Å². The smallest absolute Gasteiger partial charge is 0.331 e. The number of nitrogens with one attached hydrogen (secondary N) is 1. The number of benzene rings is 1. The molecule has 1 aromatic carbocycles. The van der Waals surface area contributed by atoms with E-state index in [1.807, 2.05) is 6.92 Å². The zero-order valence-corrected chi connectivity index (χ0v) is 12.5. The van der Waals surface area contributed by atoms with Gasteiger partial charge < -0.3 is 10.1 Å². The first-order chi connectivity index (χ1) is 9.75. The number of amides is 1. The van der Waals surface area contributed by atoms with E-state index in [2.05, 4.69) is 10.1 Å². The second-order valence-electron chi connectivity index (χ2n) is 5.11. The minimum Gasteiger partial charge on any atom is -0.467 e. The first-order valence-corrected chi connectivity index (χ1v) is 6.61. The monoisotopic (exact) mass is 299 g/mol. The lowest BCUT2D eigenvalue weighted by Crippen LogP contribution is -2.52. The van der Waals surface area contributed by atoms with Crippen LogP contribution >= 0.6 is 0 Å². The van der Waals surface area contributed by atoms with E-state index in [1.54, 1.807) is 0 Å². The van der Waals surface area contributed by atoms with Gasteiger partial charge in [-0.15, -0.1) is 0 Å². The van der Waals surface area contributed by atoms with E-state index in [4.69, 9.17) is 0 Å². The van der Waals surface area contributed by atoms with Gasteiger partial charge in [0.05, 0.1) is 12.7 Å². The van der Waals surface area contributed by atoms with Gasteiger partial charge in [-0.3, -0.25) is 4.79 Å². The van der Waals surface area contributed by atoms with E-state index in [0.717, 1.165) is 6.07 Å². The van der Waals surface area contributed by atoms with Gasteiger partial charge in [-0.2, -0.15) is 0 Å². The van der Waals surface area contributed by atoms with E-state index in [9.17, 15) is 18.4 Å². The molecule has 21 heavy (non-hydrogen) atoms. The third-order valence-corrected chi connectivity index (χ3v) is 3.27. The summed E-state index contributed by atoms with van der Waals surface area (Å²) in [4.78, 5) is 24.0. The molecule has 0 aromatic heterocycles. The summed E-state index contributed by atoms with van der Waals surface area (Å²) in [5, 5.41) is 2.47. The van der Waals surface area contributed by atoms with E-state index >= 15 is 0 Å². The Labute approximate surface area is 122 Å². The number of rotatable bonds is 5. The number of ether oxygens (including phenoxy) is 1. The Morgan fingerprint density at radius 3 is 2.43 bits per heavy atom. The highest BCUT2D eigenvalue weighted by Crippen LogP contribution is 2.18. The van der Waals surface area contributed by atoms with E-state index < -0.39 is 29.0 Å². The second kappa shape index (κ2) is 6.65. The predicted octanol–water partition coefficient (Wildman–Crippen LogP) is 2.73. The topological polar surface area (TPSA) is 55.4 Å². The summed E-state index contributed by atoms with van der Waals surface area (Å²) in [6, 6.07) is 1.77. The molecule has 1 N–H and O–H groups in total. The molecule has 0 bridgehead atoms. The summed E-state index contributed by atoms with van der Waals surface area (Å²) < 4.78 is 31.6. The molecule has 1 unspecified atom stereocenters. The Morgan fingerprint density at radius 1 is 1.29 bits per heavy atom. The molecule has 0 aliphatic rings. The van der Waals surface area contributed by atoms with Crippen LogP contribution in [0.3, 0.4) is 0 Å². The highest BCUT2D eigenvalue weighted by molar-refractivity contribution is 5.98. The Bertz CT molecular complexity index is 560. The minimum absolute atomic E-state index is 0.150. The van der Waals surface area contributed by atoms with Crippen molar-refractivity contribution in [2.75, 3.05) is 7.11 Å². The Morgan fingerprint density at radius 2 is 1.90 bits per heavy atom. The van der Waals surface area contributed by atoms with Crippen LogP contribution in [0.15, 0.2) is 12.1 Å². The molecule has 0 spiro atoms. The van der Waals surface area contributed by atoms with Crippen molar-refractivity contribution < 1.29 is 23.1 Å². The summed E-state index contributed by atoms with van der Waals surface area (Å²) in [5.41, 5.74) is -1.41. The largest absolute Gasteiger partial charge is 0.467 e. The standard InChI is InChI=1S/C15H19F2NO3/c1-5-6-15(3,14(20)21-4)18-13(19)10-7-9(2)11(16)8-12(10)17/h7-8H,5-6H2,1-4H3,(H,18,19). The fourth-order valence-electron chi connectivity index (χ4n) is 2.09. The van der Waals surface area contributed by atoms with Crippen LogP contribution in [0, 0.1) is 18.6 Å². The van der Waals surface area contributed by atoms with Crippen molar-refractivity contribution in [3.8, 4) is 0 Å². The molecule has 116 valence electrons. The van der Waals surface area contributed by atoms with Crippen molar-refractivity contribution in [3.05, 3.63) is 34.9 Å². The van der Waals surface area contributed by atoms with Crippen LogP contribution in [0.25, 0.3) is 0 Å². The van der Waals surface area contributed by atoms with Gasteiger partial charge >= 0.3 is 5.97 Å². The van der Waals surface area contributed by atoms with Crippen LogP contribution < -0.4 is 5.32 Å². The molecule has 1 atom stereocenters. The van der Waals surface area contributed by atoms with Crippen molar-refractivity contribution in [2.24, 2.45) is 0 Å². The average Bonchev–Trinajstić information content (AvgIpc) is 2.41. The van der Waals surface area contributed by atoms with Gasteiger partial charge in [0.25, 0.3) is 5.91 Å². The normalized spacial score (nSPS) is 13.4. The van der Waals surface area contributed by atoms with Crippen LogP contribution in [0.1, 0.15) is 42.6 Å². The number of halogens is 2. The third-order valence-electron chi connectivity index (χ3n) is 3.27. The molecule has 0 saturated heterocycles. The molecule has 0 saturated carbocycles. The summed E-state index contributed by atoms with van der Waals surface area (Å²) in [6.45, 7) is 4.78. The fourth-order valence-corrected chi connectivity index (χ4v) is 2.09. The third kappa shape index (κ3) is 3.77. The first kappa shape index (κ1) is 17.1. The highest BCUT2D eigenvalue weighted by Gasteiger charge is 2.36. The lowest BCUT2D eigenvalue weighted by Gasteiger charge is -2.27. The first-order valence-electron chi connectivity index (χ1n) is 6.61. The lowest BCUT2D eigenvalue weighted by atomic mass is 9.95. The number of methoxy groups -OCH3 is 1. The van der Waals surface area contributed by atoms with Crippen LogP contribution in [-0.2, 0) is 9.53 Å². The fraction of sp³-hybridized carbons (Fsp3) is 0.467. The number of carbonyl (C=O) groups excluding carboxylic acids is 2. The SMILES string of the molecule is CCCC(C)(NC(=O)c1cc(C)c(F)cc1F)C(=O)OC. The zero-order chi connectivity index (χ0) is 16.2. The Balaban J connectivity index is 3.08. The van der Waals surface area contributed by atoms with E-state index in [0.29, 0.717) is 18.9 Å².